The highest BCUT2D eigenvalue weighted by Crippen LogP contribution is 2.44. The smallest absolute Gasteiger partial charge is 0.408 e. The van der Waals surface area contributed by atoms with Crippen LogP contribution in [0.4, 0.5) is 4.79 Å². The SMILES string of the molecule is C[C@@](Cc1cccc(C#N)c1)(NC(=O)OCC1c2ccccc2-c2ccccc21)C(=O)O. The average molecular weight is 426 g/mol. The van der Waals surface area contributed by atoms with Crippen LogP contribution < -0.4 is 5.32 Å². The van der Waals surface area contributed by atoms with Crippen LogP contribution in [-0.2, 0) is 16.0 Å². The number of nitrogens with zero attached hydrogens (tertiary/aromatic N) is 1. The molecule has 0 heterocycles. The number of carboxylic acid groups (broad SMARTS) is 1. The summed E-state index contributed by atoms with van der Waals surface area (Å²) in [5.41, 5.74) is 3.86. The Morgan fingerprint density at radius 1 is 1.03 bits per heavy atom. The predicted molar refractivity (Wildman–Crippen MR) is 119 cm³/mol. The van der Waals surface area contributed by atoms with Gasteiger partial charge < -0.3 is 15.2 Å². The van der Waals surface area contributed by atoms with Gasteiger partial charge in [0.15, 0.2) is 0 Å². The molecular weight excluding hydrogens is 404 g/mol. The number of aliphatic carboxylic acids is 1. The van der Waals surface area contributed by atoms with Crippen LogP contribution >= 0.6 is 0 Å². The molecule has 0 radical (unpaired) electrons. The molecule has 1 aliphatic rings. The number of ether oxygens (including phenoxy) is 1. The van der Waals surface area contributed by atoms with E-state index in [4.69, 9.17) is 10.00 Å². The fourth-order valence-electron chi connectivity index (χ4n) is 4.19. The number of nitriles is 1. The first-order chi connectivity index (χ1) is 15.4. The molecule has 3 aromatic carbocycles. The lowest BCUT2D eigenvalue weighted by Gasteiger charge is -2.26. The van der Waals surface area contributed by atoms with Crippen LogP contribution in [0.5, 0.6) is 0 Å². The highest BCUT2D eigenvalue weighted by molar-refractivity contribution is 5.84. The van der Waals surface area contributed by atoms with Crippen LogP contribution in [0.2, 0.25) is 0 Å². The molecule has 6 heteroatoms. The Labute approximate surface area is 186 Å². The topological polar surface area (TPSA) is 99.4 Å². The van der Waals surface area contributed by atoms with E-state index in [1.807, 2.05) is 54.6 Å². The summed E-state index contributed by atoms with van der Waals surface area (Å²) in [5, 5.41) is 21.4. The van der Waals surface area contributed by atoms with Crippen molar-refractivity contribution >= 4 is 12.1 Å². The second-order valence-electron chi connectivity index (χ2n) is 8.08. The number of carbonyl (C=O) groups is 2. The Hall–Kier alpha value is -4.11. The number of hydrogen-bond donors (Lipinski definition) is 2. The van der Waals surface area contributed by atoms with Crippen molar-refractivity contribution in [3.8, 4) is 17.2 Å². The summed E-state index contributed by atoms with van der Waals surface area (Å²) in [6.07, 6.45) is -0.782. The van der Waals surface area contributed by atoms with Crippen LogP contribution in [0.3, 0.4) is 0 Å². The molecule has 0 aromatic heterocycles. The second kappa shape index (κ2) is 8.56. The largest absolute Gasteiger partial charge is 0.480 e. The zero-order chi connectivity index (χ0) is 22.7. The van der Waals surface area contributed by atoms with Gasteiger partial charge >= 0.3 is 12.1 Å². The summed E-state index contributed by atoms with van der Waals surface area (Å²) in [7, 11) is 0. The zero-order valence-electron chi connectivity index (χ0n) is 17.5. The van der Waals surface area contributed by atoms with Crippen LogP contribution in [0.25, 0.3) is 11.1 Å². The maximum atomic E-state index is 12.6. The number of carbonyl (C=O) groups excluding carboxylic acids is 1. The van der Waals surface area contributed by atoms with Crippen LogP contribution in [0, 0.1) is 11.3 Å². The Kier molecular flexibility index (Phi) is 5.65. The number of benzene rings is 3. The molecule has 0 fully saturated rings. The quantitative estimate of drug-likeness (QED) is 0.605. The third kappa shape index (κ3) is 4.06. The number of fused-ring (bicyclic) bond motifs is 3. The van der Waals surface area contributed by atoms with E-state index in [-0.39, 0.29) is 18.9 Å². The number of rotatable bonds is 6. The van der Waals surface area contributed by atoms with Crippen LogP contribution in [0.1, 0.15) is 35.1 Å². The lowest BCUT2D eigenvalue weighted by molar-refractivity contribution is -0.143. The molecule has 0 aliphatic heterocycles. The van der Waals surface area contributed by atoms with Crippen molar-refractivity contribution in [2.75, 3.05) is 6.61 Å². The molecule has 0 saturated heterocycles. The van der Waals surface area contributed by atoms with Crippen molar-refractivity contribution in [3.63, 3.8) is 0 Å². The van der Waals surface area contributed by atoms with Crippen LogP contribution in [-0.4, -0.2) is 29.3 Å². The molecule has 32 heavy (non-hydrogen) atoms. The van der Waals surface area contributed by atoms with Gasteiger partial charge in [0, 0.05) is 12.3 Å². The highest BCUT2D eigenvalue weighted by atomic mass is 16.5. The van der Waals surface area contributed by atoms with Gasteiger partial charge in [-0.05, 0) is 46.9 Å². The van der Waals surface area contributed by atoms with Crippen LogP contribution in [0.15, 0.2) is 72.8 Å². The third-order valence-corrected chi connectivity index (χ3v) is 5.81. The first kappa shape index (κ1) is 21.1. The minimum absolute atomic E-state index is 0.0159. The van der Waals surface area contributed by atoms with E-state index in [2.05, 4.69) is 5.32 Å². The first-order valence-electron chi connectivity index (χ1n) is 10.3. The van der Waals surface area contributed by atoms with Crippen molar-refractivity contribution in [1.82, 2.24) is 5.32 Å². The van der Waals surface area contributed by atoms with E-state index in [0.29, 0.717) is 11.1 Å². The number of alkyl carbamates (subject to hydrolysis) is 1. The molecular formula is C26H22N2O4. The van der Waals surface area contributed by atoms with Crippen molar-refractivity contribution in [3.05, 3.63) is 95.1 Å². The normalized spacial score (nSPS) is 13.9. The molecule has 0 bridgehead atoms. The number of nitrogens with one attached hydrogen (secondary N) is 1. The fraction of sp³-hybridized carbons (Fsp3) is 0.192. The molecule has 0 saturated carbocycles. The van der Waals surface area contributed by atoms with Gasteiger partial charge in [-0.3, -0.25) is 0 Å². The Bertz CT molecular complexity index is 1180. The average Bonchev–Trinajstić information content (AvgIpc) is 3.11. The van der Waals surface area contributed by atoms with Gasteiger partial charge in [-0.15, -0.1) is 0 Å². The van der Waals surface area contributed by atoms with Crippen molar-refractivity contribution < 1.29 is 19.4 Å². The van der Waals surface area contributed by atoms with Gasteiger partial charge in [0.05, 0.1) is 11.6 Å². The monoisotopic (exact) mass is 426 g/mol. The van der Waals surface area contributed by atoms with Gasteiger partial charge in [0.25, 0.3) is 0 Å². The highest BCUT2D eigenvalue weighted by Gasteiger charge is 2.36. The Morgan fingerprint density at radius 3 is 2.25 bits per heavy atom. The van der Waals surface area contributed by atoms with Gasteiger partial charge in [-0.1, -0.05) is 60.7 Å². The maximum absolute atomic E-state index is 12.6. The van der Waals surface area contributed by atoms with Gasteiger partial charge in [0.1, 0.15) is 12.1 Å². The fourth-order valence-corrected chi connectivity index (χ4v) is 4.19. The van der Waals surface area contributed by atoms with Crippen molar-refractivity contribution in [1.29, 1.82) is 5.26 Å². The van der Waals surface area contributed by atoms with Gasteiger partial charge in [0.2, 0.25) is 0 Å². The summed E-state index contributed by atoms with van der Waals surface area (Å²) >= 11 is 0. The second-order valence-corrected chi connectivity index (χ2v) is 8.08. The minimum atomic E-state index is -1.59. The van der Waals surface area contributed by atoms with E-state index in [0.717, 1.165) is 22.3 Å². The summed E-state index contributed by atoms with van der Waals surface area (Å²) < 4.78 is 5.50. The number of carboxylic acids is 1. The van der Waals surface area contributed by atoms with Crippen molar-refractivity contribution in [2.24, 2.45) is 0 Å². The first-order valence-corrected chi connectivity index (χ1v) is 10.3. The van der Waals surface area contributed by atoms with E-state index in [1.165, 1.54) is 6.92 Å². The van der Waals surface area contributed by atoms with E-state index >= 15 is 0 Å². The molecule has 1 amide bonds. The van der Waals surface area contributed by atoms with Gasteiger partial charge in [-0.25, -0.2) is 9.59 Å². The molecule has 6 nitrogen and oxygen atoms in total. The maximum Gasteiger partial charge on any atom is 0.408 e. The summed E-state index contributed by atoms with van der Waals surface area (Å²) in [5.74, 6) is -1.30. The molecule has 4 rings (SSSR count). The summed E-state index contributed by atoms with van der Waals surface area (Å²) in [6.45, 7) is 1.52. The van der Waals surface area contributed by atoms with Gasteiger partial charge in [-0.2, -0.15) is 5.26 Å². The standard InChI is InChI=1S/C26H22N2O4/c1-26(24(29)30,14-17-7-6-8-18(13-17)15-27)28-25(31)32-16-23-21-11-4-2-9-19(21)20-10-3-5-12-22(20)23/h2-13,23H,14,16H2,1H3,(H,28,31)(H,29,30)/t26-/m0/s1. The lowest BCUT2D eigenvalue weighted by atomic mass is 9.92. The lowest BCUT2D eigenvalue weighted by Crippen LogP contribution is -2.54. The third-order valence-electron chi connectivity index (χ3n) is 5.81. The van der Waals surface area contributed by atoms with Crippen molar-refractivity contribution in [2.45, 2.75) is 24.8 Å². The van der Waals surface area contributed by atoms with E-state index in [1.54, 1.807) is 24.3 Å². The summed E-state index contributed by atoms with van der Waals surface area (Å²) in [6, 6.07) is 24.7. The molecule has 1 atom stereocenters. The Balaban J connectivity index is 1.48. The molecule has 160 valence electrons. The molecule has 2 N–H and O–H groups in total. The molecule has 0 spiro atoms. The summed E-state index contributed by atoms with van der Waals surface area (Å²) in [4.78, 5) is 24.6. The zero-order valence-corrected chi connectivity index (χ0v) is 17.5. The number of hydrogen-bond acceptors (Lipinski definition) is 4. The molecule has 1 aliphatic carbocycles. The number of amides is 1. The minimum Gasteiger partial charge on any atom is -0.480 e. The Morgan fingerprint density at radius 2 is 1.66 bits per heavy atom. The predicted octanol–water partition coefficient (Wildman–Crippen LogP) is 4.48. The van der Waals surface area contributed by atoms with E-state index in [9.17, 15) is 14.7 Å². The molecule has 3 aromatic rings. The van der Waals surface area contributed by atoms with E-state index < -0.39 is 17.6 Å². The molecule has 0 unspecified atom stereocenters.